The summed E-state index contributed by atoms with van der Waals surface area (Å²) in [6.07, 6.45) is 0.866. The molecule has 0 aromatic heterocycles. The molecule has 1 aromatic carbocycles. The molecule has 0 aliphatic carbocycles. The zero-order valence-electron chi connectivity index (χ0n) is 7.11. The second kappa shape index (κ2) is 3.79. The van der Waals surface area contributed by atoms with Gasteiger partial charge in [0.15, 0.2) is 0 Å². The van der Waals surface area contributed by atoms with Gasteiger partial charge in [0.05, 0.1) is 11.6 Å². The topological polar surface area (TPSA) is 21.6 Å². The maximum Gasteiger partial charge on any atom is 0.146 e. The van der Waals surface area contributed by atoms with Crippen LogP contribution >= 0.6 is 11.6 Å². The largest absolute Gasteiger partial charge is 0.391 e. The lowest BCUT2D eigenvalue weighted by molar-refractivity contribution is 0.102. The average Bonchev–Trinajstić information content (AvgIpc) is 2.67. The number of nitrogens with zero attached hydrogens (tertiary/aromatic N) is 1. The molecule has 3 heteroatoms. The van der Waals surface area contributed by atoms with E-state index < -0.39 is 0 Å². The SMILES string of the molecule is ClC[C@H]1CC(c2ccccc2)=NO1. The van der Waals surface area contributed by atoms with Crippen molar-refractivity contribution in [3.05, 3.63) is 35.9 Å². The molecule has 0 radical (unpaired) electrons. The molecule has 13 heavy (non-hydrogen) atoms. The van der Waals surface area contributed by atoms with Crippen molar-refractivity contribution in [2.24, 2.45) is 5.16 Å². The molecule has 0 unspecified atom stereocenters. The number of hydrogen-bond donors (Lipinski definition) is 0. The summed E-state index contributed by atoms with van der Waals surface area (Å²) in [4.78, 5) is 5.13. The van der Waals surface area contributed by atoms with E-state index in [1.54, 1.807) is 0 Å². The Balaban J connectivity index is 2.12. The van der Waals surface area contributed by atoms with Crippen LogP contribution in [-0.4, -0.2) is 17.7 Å². The lowest BCUT2D eigenvalue weighted by atomic mass is 10.1. The van der Waals surface area contributed by atoms with Gasteiger partial charge in [-0.15, -0.1) is 11.6 Å². The molecule has 1 atom stereocenters. The van der Waals surface area contributed by atoms with Crippen LogP contribution in [0.2, 0.25) is 0 Å². The van der Waals surface area contributed by atoms with Gasteiger partial charge in [0.1, 0.15) is 6.10 Å². The Morgan fingerprint density at radius 2 is 2.15 bits per heavy atom. The maximum atomic E-state index is 5.66. The quantitative estimate of drug-likeness (QED) is 0.665. The van der Waals surface area contributed by atoms with Gasteiger partial charge < -0.3 is 4.84 Å². The van der Waals surface area contributed by atoms with Crippen molar-refractivity contribution in [3.63, 3.8) is 0 Å². The fourth-order valence-corrected chi connectivity index (χ4v) is 1.48. The number of halogens is 1. The molecular weight excluding hydrogens is 186 g/mol. The first kappa shape index (κ1) is 8.57. The summed E-state index contributed by atoms with van der Waals surface area (Å²) in [7, 11) is 0. The van der Waals surface area contributed by atoms with Gasteiger partial charge in [-0.25, -0.2) is 0 Å². The van der Waals surface area contributed by atoms with Crippen LogP contribution in [-0.2, 0) is 4.84 Å². The van der Waals surface area contributed by atoms with Crippen LogP contribution < -0.4 is 0 Å². The van der Waals surface area contributed by atoms with E-state index in [9.17, 15) is 0 Å². The molecule has 1 aliphatic heterocycles. The normalized spacial score (nSPS) is 21.0. The third-order valence-corrected chi connectivity index (χ3v) is 2.36. The third-order valence-electron chi connectivity index (χ3n) is 2.01. The number of oxime groups is 1. The first-order valence-corrected chi connectivity index (χ1v) is 4.77. The molecule has 0 fully saturated rings. The minimum atomic E-state index is 0.0527. The Morgan fingerprint density at radius 3 is 2.77 bits per heavy atom. The fraction of sp³-hybridized carbons (Fsp3) is 0.300. The number of benzene rings is 1. The van der Waals surface area contributed by atoms with E-state index in [0.717, 1.165) is 17.7 Å². The van der Waals surface area contributed by atoms with Crippen LogP contribution in [0.15, 0.2) is 35.5 Å². The van der Waals surface area contributed by atoms with Crippen molar-refractivity contribution >= 4 is 17.3 Å². The van der Waals surface area contributed by atoms with E-state index in [4.69, 9.17) is 16.4 Å². The second-order valence-corrected chi connectivity index (χ2v) is 3.30. The summed E-state index contributed by atoms with van der Waals surface area (Å²) in [6, 6.07) is 10.0. The smallest absolute Gasteiger partial charge is 0.146 e. The van der Waals surface area contributed by atoms with Crippen molar-refractivity contribution in [1.29, 1.82) is 0 Å². The zero-order valence-corrected chi connectivity index (χ0v) is 7.87. The average molecular weight is 196 g/mol. The molecule has 0 N–H and O–H groups in total. The summed E-state index contributed by atoms with van der Waals surface area (Å²) in [5.41, 5.74) is 2.11. The summed E-state index contributed by atoms with van der Waals surface area (Å²) in [6.45, 7) is 0. The highest BCUT2D eigenvalue weighted by Gasteiger charge is 2.20. The molecular formula is C10H10ClNO. The molecule has 0 spiro atoms. The van der Waals surface area contributed by atoms with Crippen molar-refractivity contribution in [3.8, 4) is 0 Å². The lowest BCUT2D eigenvalue weighted by Gasteiger charge is -2.00. The zero-order chi connectivity index (χ0) is 9.10. The van der Waals surface area contributed by atoms with Crippen LogP contribution in [0, 0.1) is 0 Å². The molecule has 1 aromatic rings. The summed E-state index contributed by atoms with van der Waals surface area (Å²) < 4.78 is 0. The summed E-state index contributed by atoms with van der Waals surface area (Å²) in [5.74, 6) is 0.500. The number of rotatable bonds is 2. The van der Waals surface area contributed by atoms with Gasteiger partial charge in [0.2, 0.25) is 0 Å². The molecule has 1 heterocycles. The second-order valence-electron chi connectivity index (χ2n) is 2.99. The fourth-order valence-electron chi connectivity index (χ4n) is 1.31. The molecule has 1 aliphatic rings. The Labute approximate surface area is 82.2 Å². The van der Waals surface area contributed by atoms with Crippen LogP contribution in [0.5, 0.6) is 0 Å². The molecule has 2 rings (SSSR count). The van der Waals surface area contributed by atoms with Gasteiger partial charge in [0.25, 0.3) is 0 Å². The first-order valence-electron chi connectivity index (χ1n) is 4.24. The third kappa shape index (κ3) is 1.83. The lowest BCUT2D eigenvalue weighted by Crippen LogP contribution is -2.09. The molecule has 0 saturated heterocycles. The Bertz CT molecular complexity index is 310. The Kier molecular flexibility index (Phi) is 2.50. The molecule has 0 saturated carbocycles. The Morgan fingerprint density at radius 1 is 1.38 bits per heavy atom. The molecule has 0 bridgehead atoms. The summed E-state index contributed by atoms with van der Waals surface area (Å²) >= 11 is 5.66. The van der Waals surface area contributed by atoms with E-state index >= 15 is 0 Å². The standard InChI is InChI=1S/C10H10ClNO/c11-7-9-6-10(12-13-9)8-4-2-1-3-5-8/h1-5,9H,6-7H2/t9-/m1/s1. The van der Waals surface area contributed by atoms with E-state index in [-0.39, 0.29) is 6.10 Å². The minimum absolute atomic E-state index is 0.0527. The monoisotopic (exact) mass is 195 g/mol. The van der Waals surface area contributed by atoms with Gasteiger partial charge in [0, 0.05) is 6.42 Å². The minimum Gasteiger partial charge on any atom is -0.391 e. The predicted octanol–water partition coefficient (Wildman–Crippen LogP) is 2.42. The number of alkyl halides is 1. The van der Waals surface area contributed by atoms with Crippen molar-refractivity contribution in [2.45, 2.75) is 12.5 Å². The predicted molar refractivity (Wildman–Crippen MR) is 53.2 cm³/mol. The van der Waals surface area contributed by atoms with E-state index in [1.807, 2.05) is 30.3 Å². The highest BCUT2D eigenvalue weighted by Crippen LogP contribution is 2.16. The van der Waals surface area contributed by atoms with E-state index in [2.05, 4.69) is 5.16 Å². The van der Waals surface area contributed by atoms with Crippen LogP contribution in [0.4, 0.5) is 0 Å². The number of hydrogen-bond acceptors (Lipinski definition) is 2. The van der Waals surface area contributed by atoms with Crippen LogP contribution in [0.3, 0.4) is 0 Å². The van der Waals surface area contributed by atoms with Gasteiger partial charge in [-0.05, 0) is 5.56 Å². The van der Waals surface area contributed by atoms with Crippen molar-refractivity contribution in [2.75, 3.05) is 5.88 Å². The highest BCUT2D eigenvalue weighted by atomic mass is 35.5. The molecule has 0 amide bonds. The van der Waals surface area contributed by atoms with Gasteiger partial charge in [-0.3, -0.25) is 0 Å². The van der Waals surface area contributed by atoms with Crippen LogP contribution in [0.1, 0.15) is 12.0 Å². The maximum absolute atomic E-state index is 5.66. The Hall–Kier alpha value is -1.02. The van der Waals surface area contributed by atoms with Crippen molar-refractivity contribution in [1.82, 2.24) is 0 Å². The molecule has 2 nitrogen and oxygen atoms in total. The molecule has 68 valence electrons. The van der Waals surface area contributed by atoms with Gasteiger partial charge in [-0.2, -0.15) is 0 Å². The first-order chi connectivity index (χ1) is 6.40. The summed E-state index contributed by atoms with van der Waals surface area (Å²) in [5, 5.41) is 3.99. The van der Waals surface area contributed by atoms with E-state index in [1.165, 1.54) is 0 Å². The highest BCUT2D eigenvalue weighted by molar-refractivity contribution is 6.18. The van der Waals surface area contributed by atoms with Crippen molar-refractivity contribution < 1.29 is 4.84 Å². The van der Waals surface area contributed by atoms with Gasteiger partial charge in [-0.1, -0.05) is 35.5 Å². The van der Waals surface area contributed by atoms with Gasteiger partial charge >= 0.3 is 0 Å². The van der Waals surface area contributed by atoms with Crippen LogP contribution in [0.25, 0.3) is 0 Å². The van der Waals surface area contributed by atoms with E-state index in [0.29, 0.717) is 5.88 Å².